The average molecular weight is 386 g/mol. The molecule has 1 heterocycles. The highest BCUT2D eigenvalue weighted by Crippen LogP contribution is 2.34. The second-order valence-electron chi connectivity index (χ2n) is 6.02. The quantitative estimate of drug-likeness (QED) is 0.572. The Morgan fingerprint density at radius 1 is 1.00 bits per heavy atom. The maximum absolute atomic E-state index is 12.7. The second kappa shape index (κ2) is 8.86. The van der Waals surface area contributed by atoms with Crippen molar-refractivity contribution in [2.24, 2.45) is 0 Å². The van der Waals surface area contributed by atoms with Crippen molar-refractivity contribution < 1.29 is 19.0 Å². The van der Waals surface area contributed by atoms with E-state index in [2.05, 4.69) is 0 Å². The van der Waals surface area contributed by atoms with Gasteiger partial charge < -0.3 is 19.0 Å². The highest BCUT2D eigenvalue weighted by Gasteiger charge is 2.14. The topological polar surface area (TPSA) is 68.9 Å². The molecular weight excluding hydrogens is 364 g/mol. The van der Waals surface area contributed by atoms with Gasteiger partial charge in [0.1, 0.15) is 28.2 Å². The molecule has 5 nitrogen and oxygen atoms in total. The van der Waals surface area contributed by atoms with E-state index in [9.17, 15) is 9.90 Å². The molecule has 0 aliphatic carbocycles. The first-order chi connectivity index (χ1) is 13.1. The highest BCUT2D eigenvalue weighted by atomic mass is 32.2. The fraction of sp³-hybridized carbons (Fsp3) is 0.286. The monoisotopic (exact) mass is 386 g/mol. The summed E-state index contributed by atoms with van der Waals surface area (Å²) in [5.41, 5.74) is 0.272. The summed E-state index contributed by atoms with van der Waals surface area (Å²) < 4.78 is 17.4. The molecule has 142 valence electrons. The lowest BCUT2D eigenvalue weighted by atomic mass is 10.2. The Labute approximate surface area is 161 Å². The summed E-state index contributed by atoms with van der Waals surface area (Å²) >= 11 is 1.31. The Kier molecular flexibility index (Phi) is 6.29. The first kappa shape index (κ1) is 19.2. The van der Waals surface area contributed by atoms with Gasteiger partial charge in [-0.25, -0.2) is 0 Å². The predicted octanol–water partition coefficient (Wildman–Crippen LogP) is 5.23. The van der Waals surface area contributed by atoms with Gasteiger partial charge in [-0.2, -0.15) is 0 Å². The molecule has 0 unspecified atom stereocenters. The molecule has 0 saturated carbocycles. The van der Waals surface area contributed by atoms with Crippen LogP contribution in [0, 0.1) is 0 Å². The van der Waals surface area contributed by atoms with Gasteiger partial charge in [0.25, 0.3) is 0 Å². The van der Waals surface area contributed by atoms with Crippen LogP contribution in [-0.4, -0.2) is 18.3 Å². The van der Waals surface area contributed by atoms with Crippen molar-refractivity contribution in [2.45, 2.75) is 36.7 Å². The molecule has 0 amide bonds. The molecule has 0 radical (unpaired) electrons. The molecule has 27 heavy (non-hydrogen) atoms. The van der Waals surface area contributed by atoms with E-state index in [1.165, 1.54) is 17.8 Å². The van der Waals surface area contributed by atoms with Crippen molar-refractivity contribution in [1.29, 1.82) is 0 Å². The first-order valence-corrected chi connectivity index (χ1v) is 9.76. The molecule has 0 atom stereocenters. The highest BCUT2D eigenvalue weighted by molar-refractivity contribution is 7.99. The van der Waals surface area contributed by atoms with E-state index < -0.39 is 0 Å². The largest absolute Gasteiger partial charge is 0.508 e. The lowest BCUT2D eigenvalue weighted by molar-refractivity contribution is 0.303. The number of fused-ring (bicyclic) bond motifs is 1. The van der Waals surface area contributed by atoms with Gasteiger partial charge in [0.15, 0.2) is 10.5 Å². The molecular formula is C21H22O5S. The number of aromatic hydroxyl groups is 1. The van der Waals surface area contributed by atoms with Crippen molar-refractivity contribution in [3.05, 3.63) is 52.7 Å². The van der Waals surface area contributed by atoms with Crippen LogP contribution in [0.4, 0.5) is 0 Å². The Balaban J connectivity index is 2.02. The molecule has 0 saturated heterocycles. The summed E-state index contributed by atoms with van der Waals surface area (Å²) in [5.74, 6) is 1.29. The van der Waals surface area contributed by atoms with Crippen LogP contribution < -0.4 is 14.9 Å². The van der Waals surface area contributed by atoms with Crippen LogP contribution in [0.1, 0.15) is 26.7 Å². The van der Waals surface area contributed by atoms with Crippen LogP contribution in [0.5, 0.6) is 17.2 Å². The zero-order chi connectivity index (χ0) is 19.2. The fourth-order valence-corrected chi connectivity index (χ4v) is 3.32. The summed E-state index contributed by atoms with van der Waals surface area (Å²) in [6, 6.07) is 11.7. The van der Waals surface area contributed by atoms with Gasteiger partial charge in [0.2, 0.25) is 0 Å². The second-order valence-corrected chi connectivity index (χ2v) is 7.10. The van der Waals surface area contributed by atoms with Gasteiger partial charge in [-0.1, -0.05) is 25.6 Å². The molecule has 0 bridgehead atoms. The zero-order valence-corrected chi connectivity index (χ0v) is 16.2. The summed E-state index contributed by atoms with van der Waals surface area (Å²) in [4.78, 5) is 13.6. The normalized spacial score (nSPS) is 10.9. The maximum Gasteiger partial charge on any atom is 0.197 e. The van der Waals surface area contributed by atoms with E-state index in [4.69, 9.17) is 13.9 Å². The smallest absolute Gasteiger partial charge is 0.197 e. The zero-order valence-electron chi connectivity index (χ0n) is 15.4. The minimum atomic E-state index is -0.161. The molecule has 1 N–H and O–H groups in total. The number of phenols is 1. The summed E-state index contributed by atoms with van der Waals surface area (Å²) in [7, 11) is 0. The lowest BCUT2D eigenvalue weighted by Gasteiger charge is -2.12. The third kappa shape index (κ3) is 4.77. The van der Waals surface area contributed by atoms with Gasteiger partial charge in [-0.15, -0.1) is 0 Å². The third-order valence-electron chi connectivity index (χ3n) is 3.74. The molecule has 3 aromatic rings. The third-order valence-corrected chi connectivity index (χ3v) is 4.65. The van der Waals surface area contributed by atoms with Crippen LogP contribution in [0.25, 0.3) is 11.0 Å². The fourth-order valence-electron chi connectivity index (χ4n) is 2.52. The van der Waals surface area contributed by atoms with Crippen molar-refractivity contribution in [3.8, 4) is 17.2 Å². The van der Waals surface area contributed by atoms with E-state index in [1.807, 2.05) is 13.8 Å². The Morgan fingerprint density at radius 2 is 1.70 bits per heavy atom. The van der Waals surface area contributed by atoms with Crippen LogP contribution in [-0.2, 0) is 0 Å². The number of hydrogen-bond donors (Lipinski definition) is 1. The van der Waals surface area contributed by atoms with Crippen LogP contribution >= 0.6 is 11.8 Å². The van der Waals surface area contributed by atoms with Gasteiger partial charge in [-0.05, 0) is 37.1 Å². The Bertz CT molecular complexity index is 963. The van der Waals surface area contributed by atoms with E-state index in [1.54, 1.807) is 36.4 Å². The van der Waals surface area contributed by atoms with E-state index >= 15 is 0 Å². The molecule has 0 fully saturated rings. The molecule has 0 aliphatic heterocycles. The van der Waals surface area contributed by atoms with Crippen LogP contribution in [0.2, 0.25) is 0 Å². The molecule has 0 aliphatic rings. The standard InChI is InChI=1S/C21H22O5S/c1-3-9-24-15-11-18(25-10-4-2)21-17(23)13-20(26-19(21)12-15)27-16-7-5-14(22)6-8-16/h5-8,11-13,22H,3-4,9-10H2,1-2H3. The number of phenolic OH excluding ortho intramolecular Hbond substituents is 1. The SMILES string of the molecule is CCCOc1cc(OCCC)c2c(=O)cc(Sc3ccc(O)cc3)oc2c1. The Hall–Kier alpha value is -2.60. The van der Waals surface area contributed by atoms with Gasteiger partial charge >= 0.3 is 0 Å². The predicted molar refractivity (Wildman–Crippen MR) is 106 cm³/mol. The summed E-state index contributed by atoms with van der Waals surface area (Å²) in [6.07, 6.45) is 1.71. The van der Waals surface area contributed by atoms with E-state index in [-0.39, 0.29) is 11.2 Å². The first-order valence-electron chi connectivity index (χ1n) is 8.95. The van der Waals surface area contributed by atoms with Crippen molar-refractivity contribution in [2.75, 3.05) is 13.2 Å². The molecule has 3 rings (SSSR count). The number of hydrogen-bond acceptors (Lipinski definition) is 6. The van der Waals surface area contributed by atoms with Gasteiger partial charge in [0, 0.05) is 23.1 Å². The lowest BCUT2D eigenvalue weighted by Crippen LogP contribution is -2.06. The number of benzene rings is 2. The van der Waals surface area contributed by atoms with Crippen LogP contribution in [0.15, 0.2) is 61.7 Å². The van der Waals surface area contributed by atoms with Crippen molar-refractivity contribution in [3.63, 3.8) is 0 Å². The van der Waals surface area contributed by atoms with Gasteiger partial charge in [0.05, 0.1) is 13.2 Å². The molecule has 0 spiro atoms. The van der Waals surface area contributed by atoms with Crippen LogP contribution in [0.3, 0.4) is 0 Å². The number of ether oxygens (including phenoxy) is 2. The Morgan fingerprint density at radius 3 is 2.41 bits per heavy atom. The molecule has 1 aromatic heterocycles. The summed E-state index contributed by atoms with van der Waals surface area (Å²) in [5, 5.41) is 10.3. The van der Waals surface area contributed by atoms with Crippen molar-refractivity contribution >= 4 is 22.7 Å². The molecule has 6 heteroatoms. The van der Waals surface area contributed by atoms with Gasteiger partial charge in [-0.3, -0.25) is 4.79 Å². The minimum absolute atomic E-state index is 0.161. The average Bonchev–Trinajstić information content (AvgIpc) is 2.66. The minimum Gasteiger partial charge on any atom is -0.508 e. The molecule has 2 aromatic carbocycles. The maximum atomic E-state index is 12.7. The van der Waals surface area contributed by atoms with Crippen molar-refractivity contribution in [1.82, 2.24) is 0 Å². The van der Waals surface area contributed by atoms with E-state index in [0.717, 1.165) is 17.7 Å². The van der Waals surface area contributed by atoms with E-state index in [0.29, 0.717) is 40.8 Å². The summed E-state index contributed by atoms with van der Waals surface area (Å²) in [6.45, 7) is 5.12. The number of rotatable bonds is 8.